The smallest absolute Gasteiger partial charge is 0.272 e. The van der Waals surface area contributed by atoms with Crippen molar-refractivity contribution in [1.82, 2.24) is 15.1 Å². The van der Waals surface area contributed by atoms with E-state index in [1.807, 2.05) is 79.0 Å². The highest BCUT2D eigenvalue weighted by molar-refractivity contribution is 7.98. The first-order valence-electron chi connectivity index (χ1n) is 11.4. The SMILES string of the molecule is COc1ccc(-c2cn(-c3ccccc3)nc2C(=O)NCCSCc2ccccc2C#N)cc1OC. The van der Waals surface area contributed by atoms with Gasteiger partial charge in [-0.25, -0.2) is 4.68 Å². The van der Waals surface area contributed by atoms with E-state index in [4.69, 9.17) is 9.47 Å². The van der Waals surface area contributed by atoms with Gasteiger partial charge in [0.1, 0.15) is 0 Å². The van der Waals surface area contributed by atoms with Crippen LogP contribution in [0.4, 0.5) is 0 Å². The Balaban J connectivity index is 1.51. The number of nitriles is 1. The largest absolute Gasteiger partial charge is 0.493 e. The van der Waals surface area contributed by atoms with Crippen LogP contribution in [-0.2, 0) is 5.75 Å². The third-order valence-corrected chi connectivity index (χ3v) is 6.58. The van der Waals surface area contributed by atoms with Gasteiger partial charge in [0.05, 0.1) is 31.5 Å². The third-order valence-electron chi connectivity index (χ3n) is 5.57. The van der Waals surface area contributed by atoms with E-state index in [0.29, 0.717) is 46.4 Å². The lowest BCUT2D eigenvalue weighted by Gasteiger charge is -2.10. The van der Waals surface area contributed by atoms with Crippen molar-refractivity contribution in [3.05, 3.63) is 95.8 Å². The Labute approximate surface area is 214 Å². The highest BCUT2D eigenvalue weighted by Gasteiger charge is 2.20. The van der Waals surface area contributed by atoms with E-state index >= 15 is 0 Å². The molecule has 8 heteroatoms. The molecule has 36 heavy (non-hydrogen) atoms. The number of carbonyl (C=O) groups is 1. The molecule has 0 bridgehead atoms. The van der Waals surface area contributed by atoms with E-state index in [0.717, 1.165) is 16.8 Å². The number of nitrogens with zero attached hydrogens (tertiary/aromatic N) is 3. The summed E-state index contributed by atoms with van der Waals surface area (Å²) in [6.45, 7) is 0.474. The molecule has 0 aliphatic carbocycles. The van der Waals surface area contributed by atoms with E-state index in [1.54, 1.807) is 30.7 Å². The first-order chi connectivity index (χ1) is 17.6. The number of benzene rings is 3. The Kier molecular flexibility index (Phi) is 8.27. The minimum Gasteiger partial charge on any atom is -0.493 e. The summed E-state index contributed by atoms with van der Waals surface area (Å²) >= 11 is 1.66. The molecule has 7 nitrogen and oxygen atoms in total. The van der Waals surface area contributed by atoms with Gasteiger partial charge in [-0.1, -0.05) is 42.5 Å². The van der Waals surface area contributed by atoms with Crippen molar-refractivity contribution in [3.63, 3.8) is 0 Å². The number of ether oxygens (including phenoxy) is 2. The number of thioether (sulfide) groups is 1. The van der Waals surface area contributed by atoms with Crippen LogP contribution in [0.2, 0.25) is 0 Å². The van der Waals surface area contributed by atoms with Crippen molar-refractivity contribution in [1.29, 1.82) is 5.26 Å². The van der Waals surface area contributed by atoms with Crippen LogP contribution in [0.1, 0.15) is 21.6 Å². The Morgan fingerprint density at radius 3 is 2.53 bits per heavy atom. The Morgan fingerprint density at radius 2 is 1.78 bits per heavy atom. The second kappa shape index (κ2) is 12.0. The fourth-order valence-corrected chi connectivity index (χ4v) is 4.59. The monoisotopic (exact) mass is 498 g/mol. The summed E-state index contributed by atoms with van der Waals surface area (Å²) < 4.78 is 12.5. The van der Waals surface area contributed by atoms with E-state index in [-0.39, 0.29) is 5.91 Å². The number of methoxy groups -OCH3 is 2. The molecule has 0 saturated heterocycles. The van der Waals surface area contributed by atoms with Gasteiger partial charge in [0, 0.05) is 29.8 Å². The fraction of sp³-hybridized carbons (Fsp3) is 0.179. The first-order valence-corrected chi connectivity index (χ1v) is 12.5. The molecule has 0 fully saturated rings. The summed E-state index contributed by atoms with van der Waals surface area (Å²) in [5.41, 5.74) is 4.33. The molecular weight excluding hydrogens is 472 g/mol. The predicted molar refractivity (Wildman–Crippen MR) is 142 cm³/mol. The lowest BCUT2D eigenvalue weighted by atomic mass is 10.1. The minimum absolute atomic E-state index is 0.257. The van der Waals surface area contributed by atoms with Gasteiger partial charge >= 0.3 is 0 Å². The summed E-state index contributed by atoms with van der Waals surface area (Å²) in [6, 6.07) is 25.0. The average Bonchev–Trinajstić information content (AvgIpc) is 3.39. The van der Waals surface area contributed by atoms with Gasteiger partial charge in [-0.3, -0.25) is 4.79 Å². The zero-order valence-electron chi connectivity index (χ0n) is 20.1. The van der Waals surface area contributed by atoms with Crippen LogP contribution in [0.3, 0.4) is 0 Å². The van der Waals surface area contributed by atoms with Crippen LogP contribution >= 0.6 is 11.8 Å². The number of aromatic nitrogens is 2. The Hall–Kier alpha value is -4.22. The van der Waals surface area contributed by atoms with E-state index in [2.05, 4.69) is 16.5 Å². The quantitative estimate of drug-likeness (QED) is 0.306. The molecule has 0 aliphatic rings. The van der Waals surface area contributed by atoms with Gasteiger partial charge in [0.15, 0.2) is 17.2 Å². The number of nitrogens with one attached hydrogen (secondary N) is 1. The van der Waals surface area contributed by atoms with Crippen molar-refractivity contribution >= 4 is 17.7 Å². The zero-order valence-corrected chi connectivity index (χ0v) is 20.9. The molecule has 0 unspecified atom stereocenters. The van der Waals surface area contributed by atoms with Gasteiger partial charge in [-0.15, -0.1) is 0 Å². The van der Waals surface area contributed by atoms with Crippen molar-refractivity contribution in [2.75, 3.05) is 26.5 Å². The second-order valence-electron chi connectivity index (χ2n) is 7.82. The van der Waals surface area contributed by atoms with Crippen molar-refractivity contribution < 1.29 is 14.3 Å². The van der Waals surface area contributed by atoms with Crippen LogP contribution in [0.15, 0.2) is 79.0 Å². The molecule has 0 spiro atoms. The molecule has 0 radical (unpaired) electrons. The van der Waals surface area contributed by atoms with Crippen LogP contribution < -0.4 is 14.8 Å². The third kappa shape index (κ3) is 5.70. The van der Waals surface area contributed by atoms with E-state index in [1.165, 1.54) is 0 Å². The average molecular weight is 499 g/mol. The van der Waals surface area contributed by atoms with Crippen LogP contribution in [0.25, 0.3) is 16.8 Å². The lowest BCUT2D eigenvalue weighted by Crippen LogP contribution is -2.26. The van der Waals surface area contributed by atoms with Gasteiger partial charge in [-0.2, -0.15) is 22.1 Å². The van der Waals surface area contributed by atoms with Crippen molar-refractivity contribution in [3.8, 4) is 34.4 Å². The van der Waals surface area contributed by atoms with Gasteiger partial charge in [0.2, 0.25) is 0 Å². The summed E-state index contributed by atoms with van der Waals surface area (Å²) in [5, 5.41) is 16.8. The summed E-state index contributed by atoms with van der Waals surface area (Å²) in [4.78, 5) is 13.2. The number of hydrogen-bond donors (Lipinski definition) is 1. The van der Waals surface area contributed by atoms with Gasteiger partial charge in [-0.05, 0) is 41.5 Å². The van der Waals surface area contributed by atoms with Crippen LogP contribution in [-0.4, -0.2) is 42.2 Å². The molecule has 3 aromatic carbocycles. The molecule has 4 rings (SSSR count). The maximum atomic E-state index is 13.2. The van der Waals surface area contributed by atoms with Crippen molar-refractivity contribution in [2.45, 2.75) is 5.75 Å². The molecule has 1 amide bonds. The molecular formula is C28H26N4O3S. The summed E-state index contributed by atoms with van der Waals surface area (Å²) in [6.07, 6.45) is 1.85. The fourth-order valence-electron chi connectivity index (χ4n) is 3.73. The van der Waals surface area contributed by atoms with E-state index < -0.39 is 0 Å². The molecule has 0 atom stereocenters. The Bertz CT molecular complexity index is 1380. The molecule has 0 aliphatic heterocycles. The lowest BCUT2D eigenvalue weighted by molar-refractivity contribution is 0.0951. The Morgan fingerprint density at radius 1 is 1.03 bits per heavy atom. The molecule has 182 valence electrons. The topological polar surface area (TPSA) is 89.2 Å². The summed E-state index contributed by atoms with van der Waals surface area (Å²) in [7, 11) is 3.16. The van der Waals surface area contributed by atoms with Crippen LogP contribution in [0.5, 0.6) is 11.5 Å². The second-order valence-corrected chi connectivity index (χ2v) is 8.92. The first kappa shape index (κ1) is 24.9. The predicted octanol–water partition coefficient (Wildman–Crippen LogP) is 5.09. The number of rotatable bonds is 10. The maximum Gasteiger partial charge on any atom is 0.272 e. The minimum atomic E-state index is -0.257. The molecule has 1 heterocycles. The number of carbonyl (C=O) groups excluding carboxylic acids is 1. The maximum absolute atomic E-state index is 13.2. The number of amides is 1. The number of para-hydroxylation sites is 1. The van der Waals surface area contributed by atoms with Gasteiger partial charge < -0.3 is 14.8 Å². The highest BCUT2D eigenvalue weighted by atomic mass is 32.2. The standard InChI is InChI=1S/C28H26N4O3S/c1-34-25-13-12-20(16-26(25)35-2)24-18-32(23-10-4-3-5-11-23)31-27(24)28(33)30-14-15-36-19-22-9-7-6-8-21(22)17-29/h3-13,16,18H,14-15,19H2,1-2H3,(H,30,33). The summed E-state index contributed by atoms with van der Waals surface area (Å²) in [5.74, 6) is 2.34. The molecule has 0 saturated carbocycles. The van der Waals surface area contributed by atoms with Crippen molar-refractivity contribution in [2.24, 2.45) is 0 Å². The normalized spacial score (nSPS) is 10.5. The van der Waals surface area contributed by atoms with Crippen LogP contribution in [0, 0.1) is 11.3 Å². The zero-order chi connectivity index (χ0) is 25.3. The van der Waals surface area contributed by atoms with Gasteiger partial charge in [0.25, 0.3) is 5.91 Å². The molecule has 1 N–H and O–H groups in total. The van der Waals surface area contributed by atoms with E-state index in [9.17, 15) is 10.1 Å². The molecule has 1 aromatic heterocycles. The highest BCUT2D eigenvalue weighted by Crippen LogP contribution is 2.34. The number of hydrogen-bond acceptors (Lipinski definition) is 6. The molecule has 4 aromatic rings.